The lowest BCUT2D eigenvalue weighted by atomic mass is 9.74. The van der Waals surface area contributed by atoms with Crippen LogP contribution in [-0.2, 0) is 14.8 Å². The van der Waals surface area contributed by atoms with Crippen LogP contribution in [-0.4, -0.2) is 68.5 Å². The smallest absolute Gasteiger partial charge is 0.236 e. The highest BCUT2D eigenvalue weighted by Gasteiger charge is 2.60. The van der Waals surface area contributed by atoms with E-state index in [0.29, 0.717) is 38.0 Å². The van der Waals surface area contributed by atoms with E-state index in [1.165, 1.54) is 30.7 Å². The molecule has 192 valence electrons. The second kappa shape index (κ2) is 9.29. The third kappa shape index (κ3) is 4.09. The summed E-state index contributed by atoms with van der Waals surface area (Å²) in [5.74, 6) is -0.802. The topological polar surface area (TPSA) is 111 Å². The van der Waals surface area contributed by atoms with Crippen LogP contribution in [0.15, 0.2) is 17.8 Å². The molecule has 0 amide bonds. The number of hydrogen-bond acceptors (Lipinski definition) is 8. The first-order valence-electron chi connectivity index (χ1n) is 11.7. The van der Waals surface area contributed by atoms with Gasteiger partial charge in [0.15, 0.2) is 5.75 Å². The van der Waals surface area contributed by atoms with E-state index in [-0.39, 0.29) is 33.9 Å². The van der Waals surface area contributed by atoms with Crippen molar-refractivity contribution < 1.29 is 32.2 Å². The van der Waals surface area contributed by atoms with Gasteiger partial charge in [0.1, 0.15) is 22.1 Å². The zero-order valence-corrected chi connectivity index (χ0v) is 22.1. The molecule has 1 N–H and O–H groups in total. The zero-order chi connectivity index (χ0) is 25.7. The first-order chi connectivity index (χ1) is 16.5. The van der Waals surface area contributed by atoms with Crippen molar-refractivity contribution in [2.75, 3.05) is 27.3 Å². The molecular formula is C24H31ClN2O7S. The number of nitrogens with zero attached hydrogens (tertiary/aromatic N) is 1. The summed E-state index contributed by atoms with van der Waals surface area (Å²) in [7, 11) is -0.418. The summed E-state index contributed by atoms with van der Waals surface area (Å²) in [6, 6.07) is 1.54. The van der Waals surface area contributed by atoms with Crippen molar-refractivity contribution in [2.24, 2.45) is 5.92 Å². The SMILES string of the molecule is COc1cc(OC)c2c(c1Cl)O[C@@]1(C(=O)C=C(NC3CCN(S(=O)(=O)C(C)C)CC3)C[C@H]1C)C2=O. The standard InChI is InChI=1S/C24H31ClN2O7S/c1-13(2)35(30,31)27-8-6-15(7-9-27)26-16-10-14(3)24(19(28)11-16)23(29)20-17(32-4)12-18(33-5)21(25)22(20)34-24/h11-15,26H,6-10H2,1-5H3/t14-,24+/m1/s1. The summed E-state index contributed by atoms with van der Waals surface area (Å²) in [5, 5.41) is 3.06. The molecule has 35 heavy (non-hydrogen) atoms. The van der Waals surface area contributed by atoms with Crippen LogP contribution in [0, 0.1) is 5.92 Å². The Bertz CT molecular complexity index is 1190. The van der Waals surface area contributed by atoms with Gasteiger partial charge >= 0.3 is 0 Å². The lowest BCUT2D eigenvalue weighted by molar-refractivity contribution is -0.129. The van der Waals surface area contributed by atoms with Crippen molar-refractivity contribution in [3.8, 4) is 17.2 Å². The molecule has 0 radical (unpaired) electrons. The van der Waals surface area contributed by atoms with E-state index in [1.807, 2.05) is 0 Å². The lowest BCUT2D eigenvalue weighted by Gasteiger charge is -2.38. The maximum absolute atomic E-state index is 13.6. The molecule has 1 saturated heterocycles. The molecule has 1 aromatic carbocycles. The van der Waals surface area contributed by atoms with Gasteiger partial charge in [-0.1, -0.05) is 18.5 Å². The fourth-order valence-electron chi connectivity index (χ4n) is 5.04. The van der Waals surface area contributed by atoms with Gasteiger partial charge in [-0.05, 0) is 33.1 Å². The van der Waals surface area contributed by atoms with Gasteiger partial charge < -0.3 is 19.5 Å². The van der Waals surface area contributed by atoms with Crippen molar-refractivity contribution in [2.45, 2.75) is 56.9 Å². The van der Waals surface area contributed by atoms with Gasteiger partial charge in [0.25, 0.3) is 0 Å². The van der Waals surface area contributed by atoms with Crippen LogP contribution in [0.25, 0.3) is 0 Å². The quantitative estimate of drug-likeness (QED) is 0.563. The van der Waals surface area contributed by atoms with Crippen molar-refractivity contribution in [3.05, 3.63) is 28.4 Å². The number of allylic oxidation sites excluding steroid dienone is 1. The Morgan fingerprint density at radius 2 is 1.80 bits per heavy atom. The molecule has 9 nitrogen and oxygen atoms in total. The normalized spacial score (nSPS) is 25.5. The average molecular weight is 527 g/mol. The van der Waals surface area contributed by atoms with E-state index in [9.17, 15) is 18.0 Å². The zero-order valence-electron chi connectivity index (χ0n) is 20.5. The number of ketones is 2. The summed E-state index contributed by atoms with van der Waals surface area (Å²) >= 11 is 6.42. The van der Waals surface area contributed by atoms with Crippen LogP contribution < -0.4 is 19.5 Å². The van der Waals surface area contributed by atoms with E-state index in [1.54, 1.807) is 20.8 Å². The number of hydrogen-bond donors (Lipinski definition) is 1. The second-order valence-electron chi connectivity index (χ2n) is 9.52. The molecule has 1 fully saturated rings. The minimum atomic E-state index is -3.28. The molecule has 2 aliphatic heterocycles. The largest absolute Gasteiger partial charge is 0.496 e. The van der Waals surface area contributed by atoms with E-state index < -0.39 is 38.4 Å². The summed E-state index contributed by atoms with van der Waals surface area (Å²) in [4.78, 5) is 27.0. The van der Waals surface area contributed by atoms with Gasteiger partial charge in [-0.3, -0.25) is 9.59 Å². The van der Waals surface area contributed by atoms with Crippen LogP contribution in [0.4, 0.5) is 0 Å². The molecule has 1 aliphatic carbocycles. The van der Waals surface area contributed by atoms with E-state index >= 15 is 0 Å². The van der Waals surface area contributed by atoms with Gasteiger partial charge in [0.2, 0.25) is 27.2 Å². The molecule has 11 heteroatoms. The number of carbonyl (C=O) groups excluding carboxylic acids is 2. The monoisotopic (exact) mass is 526 g/mol. The Morgan fingerprint density at radius 1 is 1.17 bits per heavy atom. The van der Waals surface area contributed by atoms with Crippen LogP contribution in [0.2, 0.25) is 5.02 Å². The third-order valence-electron chi connectivity index (χ3n) is 7.11. The number of rotatable bonds is 6. The minimum Gasteiger partial charge on any atom is -0.496 e. The number of piperidine rings is 1. The van der Waals surface area contributed by atoms with Crippen molar-refractivity contribution in [1.82, 2.24) is 9.62 Å². The van der Waals surface area contributed by atoms with Gasteiger partial charge in [-0.25, -0.2) is 12.7 Å². The molecule has 3 aliphatic rings. The Morgan fingerprint density at radius 3 is 2.34 bits per heavy atom. The number of halogens is 1. The molecule has 0 saturated carbocycles. The molecule has 2 heterocycles. The molecule has 0 aromatic heterocycles. The summed E-state index contributed by atoms with van der Waals surface area (Å²) < 4.78 is 43.1. The first kappa shape index (κ1) is 25.8. The van der Waals surface area contributed by atoms with Gasteiger partial charge in [0, 0.05) is 42.9 Å². The fourth-order valence-corrected chi connectivity index (χ4v) is 6.63. The summed E-state index contributed by atoms with van der Waals surface area (Å²) in [6.07, 6.45) is 3.10. The van der Waals surface area contributed by atoms with Gasteiger partial charge in [0.05, 0.1) is 19.5 Å². The Balaban J connectivity index is 1.53. The predicted molar refractivity (Wildman–Crippen MR) is 131 cm³/mol. The molecular weight excluding hydrogens is 496 g/mol. The Hall–Kier alpha value is -2.30. The van der Waals surface area contributed by atoms with Crippen molar-refractivity contribution >= 4 is 33.2 Å². The number of carbonyl (C=O) groups is 2. The highest BCUT2D eigenvalue weighted by Crippen LogP contribution is 2.52. The van der Waals surface area contributed by atoms with E-state index in [2.05, 4.69) is 5.32 Å². The second-order valence-corrected chi connectivity index (χ2v) is 12.4. The number of ether oxygens (including phenoxy) is 3. The number of sulfonamides is 1. The Kier molecular flexibility index (Phi) is 6.85. The van der Waals surface area contributed by atoms with Crippen molar-refractivity contribution in [3.63, 3.8) is 0 Å². The minimum absolute atomic E-state index is 0.0325. The highest BCUT2D eigenvalue weighted by atomic mass is 35.5. The van der Waals surface area contributed by atoms with Gasteiger partial charge in [-0.15, -0.1) is 0 Å². The van der Waals surface area contributed by atoms with Crippen molar-refractivity contribution in [1.29, 1.82) is 0 Å². The summed E-state index contributed by atoms with van der Waals surface area (Å²) in [6.45, 7) is 6.01. The van der Waals surface area contributed by atoms with E-state index in [4.69, 9.17) is 25.8 Å². The Labute approximate surface area is 210 Å². The van der Waals surface area contributed by atoms with Crippen LogP contribution in [0.3, 0.4) is 0 Å². The molecule has 1 spiro atoms. The number of fused-ring (bicyclic) bond motifs is 1. The maximum Gasteiger partial charge on any atom is 0.236 e. The highest BCUT2D eigenvalue weighted by molar-refractivity contribution is 7.89. The first-order valence-corrected chi connectivity index (χ1v) is 13.5. The lowest BCUT2D eigenvalue weighted by Crippen LogP contribution is -2.56. The summed E-state index contributed by atoms with van der Waals surface area (Å²) in [5.41, 5.74) is -0.866. The number of benzene rings is 1. The van der Waals surface area contributed by atoms with Crippen LogP contribution in [0.1, 0.15) is 50.4 Å². The predicted octanol–water partition coefficient (Wildman–Crippen LogP) is 2.96. The van der Waals surface area contributed by atoms with E-state index in [0.717, 1.165) is 0 Å². The molecule has 1 aromatic rings. The number of methoxy groups -OCH3 is 2. The fraction of sp³-hybridized carbons (Fsp3) is 0.583. The number of nitrogens with one attached hydrogen (secondary N) is 1. The van der Waals surface area contributed by atoms with Gasteiger partial charge in [-0.2, -0.15) is 0 Å². The average Bonchev–Trinajstić information content (AvgIpc) is 3.13. The van der Waals surface area contributed by atoms with Crippen LogP contribution in [0.5, 0.6) is 17.2 Å². The maximum atomic E-state index is 13.6. The molecule has 0 bridgehead atoms. The molecule has 2 atom stereocenters. The van der Waals surface area contributed by atoms with Crippen LogP contribution >= 0.6 is 11.6 Å². The number of Topliss-reactive ketones (excluding diaryl/α,β-unsaturated/α-hetero) is 1. The molecule has 4 rings (SSSR count). The molecule has 0 unspecified atom stereocenters. The third-order valence-corrected chi connectivity index (χ3v) is 9.74.